The average molecular weight is 451 g/mol. The van der Waals surface area contributed by atoms with E-state index in [1.165, 1.54) is 0 Å². The van der Waals surface area contributed by atoms with E-state index in [1.807, 2.05) is 32.9 Å². The number of fused-ring (bicyclic) bond motifs is 1. The number of aliphatic hydroxyl groups is 1. The molecule has 1 saturated heterocycles. The summed E-state index contributed by atoms with van der Waals surface area (Å²) >= 11 is 0. The quantitative estimate of drug-likeness (QED) is 0.500. The number of likely N-dealkylation sites (tertiary alicyclic amines) is 1. The monoisotopic (exact) mass is 450 g/mol. The summed E-state index contributed by atoms with van der Waals surface area (Å²) in [7, 11) is 2.16. The first-order chi connectivity index (χ1) is 15.8. The Morgan fingerprint density at radius 2 is 1.91 bits per heavy atom. The minimum absolute atomic E-state index is 0.114. The molecule has 33 heavy (non-hydrogen) atoms. The van der Waals surface area contributed by atoms with E-state index in [0.717, 1.165) is 78.0 Å². The average Bonchev–Trinajstić information content (AvgIpc) is 3.57. The van der Waals surface area contributed by atoms with Crippen molar-refractivity contribution in [2.45, 2.75) is 71.2 Å². The van der Waals surface area contributed by atoms with Crippen molar-refractivity contribution in [1.82, 2.24) is 30.0 Å². The first-order valence-corrected chi connectivity index (χ1v) is 12.0. The van der Waals surface area contributed by atoms with E-state index in [4.69, 9.17) is 10.1 Å². The molecule has 0 amide bonds. The van der Waals surface area contributed by atoms with Gasteiger partial charge in [-0.1, -0.05) is 0 Å². The van der Waals surface area contributed by atoms with Crippen LogP contribution in [0.1, 0.15) is 77.6 Å². The summed E-state index contributed by atoms with van der Waals surface area (Å²) in [5, 5.41) is 20.2. The fraction of sp³-hybridized carbons (Fsp3) is 0.560. The zero-order chi connectivity index (χ0) is 23.3. The Hall–Kier alpha value is -2.55. The molecule has 0 bridgehead atoms. The van der Waals surface area contributed by atoms with Crippen LogP contribution < -0.4 is 10.9 Å². The molecule has 0 radical (unpaired) electrons. The SMILES string of the molecule is Cc1cc(C)c(CNC(O)c2cc(C3CC3)nc3c2c(C)nn3C2CCN(C)CC2)c(=O)[nH]1. The van der Waals surface area contributed by atoms with Crippen molar-refractivity contribution in [3.63, 3.8) is 0 Å². The second-order valence-electron chi connectivity index (χ2n) is 9.90. The number of nitrogens with one attached hydrogen (secondary N) is 2. The third-order valence-electron chi connectivity index (χ3n) is 7.18. The summed E-state index contributed by atoms with van der Waals surface area (Å²) in [5.41, 5.74) is 5.90. The molecule has 1 atom stereocenters. The van der Waals surface area contributed by atoms with Gasteiger partial charge < -0.3 is 15.0 Å². The van der Waals surface area contributed by atoms with Crippen LogP contribution in [-0.4, -0.2) is 49.9 Å². The van der Waals surface area contributed by atoms with Gasteiger partial charge in [0, 0.05) is 40.4 Å². The molecule has 1 unspecified atom stereocenters. The van der Waals surface area contributed by atoms with Crippen LogP contribution in [-0.2, 0) is 6.54 Å². The van der Waals surface area contributed by atoms with E-state index >= 15 is 0 Å². The first-order valence-electron chi connectivity index (χ1n) is 12.0. The fourth-order valence-electron chi connectivity index (χ4n) is 5.07. The Morgan fingerprint density at radius 3 is 2.58 bits per heavy atom. The lowest BCUT2D eigenvalue weighted by Crippen LogP contribution is -2.32. The smallest absolute Gasteiger partial charge is 0.252 e. The van der Waals surface area contributed by atoms with Gasteiger partial charge in [-0.15, -0.1) is 0 Å². The topological polar surface area (TPSA) is 99.1 Å². The number of hydrogen-bond acceptors (Lipinski definition) is 6. The Bertz CT molecular complexity index is 1230. The molecule has 3 aromatic rings. The molecule has 2 fully saturated rings. The standard InChI is InChI=1S/C25H34N6O2/c1-14-11-15(2)27-25(33)20(14)13-26-24(32)19-12-21(17-5-6-17)28-23-22(19)16(3)29-31(23)18-7-9-30(4)10-8-18/h11-12,17-18,24,26,32H,5-10,13H2,1-4H3,(H,27,33). The second-order valence-corrected chi connectivity index (χ2v) is 9.90. The van der Waals surface area contributed by atoms with Gasteiger partial charge in [-0.05, 0) is 84.3 Å². The Balaban J connectivity index is 1.50. The minimum Gasteiger partial charge on any atom is -0.374 e. The Labute approximate surface area is 194 Å². The molecular formula is C25H34N6O2. The summed E-state index contributed by atoms with van der Waals surface area (Å²) in [5.74, 6) is 0.462. The fourth-order valence-corrected chi connectivity index (χ4v) is 5.07. The van der Waals surface area contributed by atoms with Gasteiger partial charge in [-0.3, -0.25) is 10.1 Å². The molecule has 2 aliphatic rings. The highest BCUT2D eigenvalue weighted by Crippen LogP contribution is 2.41. The highest BCUT2D eigenvalue weighted by Gasteiger charge is 2.30. The number of piperidine rings is 1. The molecule has 4 heterocycles. The number of aryl methyl sites for hydroxylation is 3. The van der Waals surface area contributed by atoms with E-state index in [0.29, 0.717) is 17.5 Å². The molecule has 1 aliphatic carbocycles. The molecule has 5 rings (SSSR count). The van der Waals surface area contributed by atoms with Crippen LogP contribution in [0.15, 0.2) is 16.9 Å². The molecule has 8 heteroatoms. The van der Waals surface area contributed by atoms with E-state index in [1.54, 1.807) is 0 Å². The summed E-state index contributed by atoms with van der Waals surface area (Å²) in [6.07, 6.45) is 3.46. The van der Waals surface area contributed by atoms with Gasteiger partial charge in [-0.25, -0.2) is 9.67 Å². The number of pyridine rings is 2. The normalized spacial score (nSPS) is 18.8. The molecular weight excluding hydrogens is 416 g/mol. The van der Waals surface area contributed by atoms with Crippen molar-refractivity contribution >= 4 is 11.0 Å². The zero-order valence-electron chi connectivity index (χ0n) is 20.0. The molecule has 3 N–H and O–H groups in total. The van der Waals surface area contributed by atoms with Gasteiger partial charge in [0.1, 0.15) is 6.23 Å². The molecule has 0 spiro atoms. The van der Waals surface area contributed by atoms with Crippen LogP contribution >= 0.6 is 0 Å². The number of aromatic amines is 1. The van der Waals surface area contributed by atoms with E-state index in [-0.39, 0.29) is 12.1 Å². The number of aromatic nitrogens is 4. The van der Waals surface area contributed by atoms with Crippen LogP contribution in [0.4, 0.5) is 0 Å². The van der Waals surface area contributed by atoms with Gasteiger partial charge in [0.15, 0.2) is 5.65 Å². The van der Waals surface area contributed by atoms with Crippen LogP contribution in [0.25, 0.3) is 11.0 Å². The Morgan fingerprint density at radius 1 is 1.18 bits per heavy atom. The third-order valence-corrected chi connectivity index (χ3v) is 7.18. The lowest BCUT2D eigenvalue weighted by molar-refractivity contribution is 0.138. The van der Waals surface area contributed by atoms with Crippen LogP contribution in [0.3, 0.4) is 0 Å². The number of aliphatic hydroxyl groups excluding tert-OH is 1. The zero-order valence-corrected chi connectivity index (χ0v) is 20.0. The summed E-state index contributed by atoms with van der Waals surface area (Å²) in [6.45, 7) is 8.18. The number of rotatable bonds is 6. The van der Waals surface area contributed by atoms with Crippen LogP contribution in [0.5, 0.6) is 0 Å². The van der Waals surface area contributed by atoms with E-state index in [2.05, 4.69) is 26.9 Å². The predicted molar refractivity (Wildman–Crippen MR) is 128 cm³/mol. The number of H-pyrrole nitrogens is 1. The maximum absolute atomic E-state index is 12.4. The van der Waals surface area contributed by atoms with Crippen molar-refractivity contribution in [1.29, 1.82) is 0 Å². The first kappa shape index (κ1) is 22.3. The third kappa shape index (κ3) is 4.35. The summed E-state index contributed by atoms with van der Waals surface area (Å²) in [6, 6.07) is 4.32. The number of nitrogens with zero attached hydrogens (tertiary/aromatic N) is 4. The van der Waals surface area contributed by atoms with Crippen molar-refractivity contribution in [3.8, 4) is 0 Å². The lowest BCUT2D eigenvalue weighted by atomic mass is 10.0. The van der Waals surface area contributed by atoms with Crippen molar-refractivity contribution < 1.29 is 5.11 Å². The van der Waals surface area contributed by atoms with Gasteiger partial charge in [0.05, 0.1) is 11.7 Å². The molecule has 1 saturated carbocycles. The second kappa shape index (κ2) is 8.66. The maximum Gasteiger partial charge on any atom is 0.252 e. The maximum atomic E-state index is 12.4. The lowest BCUT2D eigenvalue weighted by Gasteiger charge is -2.29. The molecule has 8 nitrogen and oxygen atoms in total. The van der Waals surface area contributed by atoms with E-state index < -0.39 is 6.23 Å². The van der Waals surface area contributed by atoms with Crippen molar-refractivity contribution in [2.75, 3.05) is 20.1 Å². The van der Waals surface area contributed by atoms with Gasteiger partial charge in [-0.2, -0.15) is 5.10 Å². The molecule has 176 valence electrons. The predicted octanol–water partition coefficient (Wildman–Crippen LogP) is 2.97. The largest absolute Gasteiger partial charge is 0.374 e. The summed E-state index contributed by atoms with van der Waals surface area (Å²) in [4.78, 5) is 22.7. The minimum atomic E-state index is -0.915. The number of hydrogen-bond donors (Lipinski definition) is 3. The highest BCUT2D eigenvalue weighted by molar-refractivity contribution is 5.83. The van der Waals surface area contributed by atoms with Crippen molar-refractivity contribution in [3.05, 3.63) is 56.3 Å². The Kier molecular flexibility index (Phi) is 5.84. The van der Waals surface area contributed by atoms with Crippen molar-refractivity contribution in [2.24, 2.45) is 0 Å². The van der Waals surface area contributed by atoms with Crippen LogP contribution in [0, 0.1) is 20.8 Å². The van der Waals surface area contributed by atoms with E-state index in [9.17, 15) is 9.90 Å². The highest BCUT2D eigenvalue weighted by atomic mass is 16.3. The van der Waals surface area contributed by atoms with Gasteiger partial charge in [0.2, 0.25) is 0 Å². The van der Waals surface area contributed by atoms with Gasteiger partial charge >= 0.3 is 0 Å². The molecule has 1 aliphatic heterocycles. The van der Waals surface area contributed by atoms with Gasteiger partial charge in [0.25, 0.3) is 5.56 Å². The summed E-state index contributed by atoms with van der Waals surface area (Å²) < 4.78 is 2.11. The van der Waals surface area contributed by atoms with Crippen LogP contribution in [0.2, 0.25) is 0 Å². The molecule has 3 aromatic heterocycles. The molecule has 0 aromatic carbocycles.